The zero-order chi connectivity index (χ0) is 22.2. The van der Waals surface area contributed by atoms with Crippen LogP contribution in [0.2, 0.25) is 0 Å². The molecule has 0 spiro atoms. The highest BCUT2D eigenvalue weighted by molar-refractivity contribution is 6.05. The van der Waals surface area contributed by atoms with Gasteiger partial charge in [0.1, 0.15) is 6.04 Å². The summed E-state index contributed by atoms with van der Waals surface area (Å²) in [4.78, 5) is 39.5. The van der Waals surface area contributed by atoms with Gasteiger partial charge in [0.15, 0.2) is 0 Å². The molecule has 31 heavy (non-hydrogen) atoms. The number of amides is 3. The van der Waals surface area contributed by atoms with Crippen LogP contribution in [0.3, 0.4) is 0 Å². The SMILES string of the molecule is O=C1CCC(N2Cc3c(CN(CC(F)(F)F)C4CCNCC4)cccc3C2=O)C(=O)N1. The fourth-order valence-corrected chi connectivity index (χ4v) is 4.73. The minimum absolute atomic E-state index is 0.0871. The molecule has 3 heterocycles. The van der Waals surface area contributed by atoms with Crippen molar-refractivity contribution in [1.82, 2.24) is 20.4 Å². The van der Waals surface area contributed by atoms with Gasteiger partial charge in [-0.3, -0.25) is 24.6 Å². The molecule has 3 amide bonds. The van der Waals surface area contributed by atoms with E-state index in [-0.39, 0.29) is 43.8 Å². The molecule has 0 bridgehead atoms. The highest BCUT2D eigenvalue weighted by Crippen LogP contribution is 2.32. The Morgan fingerprint density at radius 3 is 2.52 bits per heavy atom. The third kappa shape index (κ3) is 4.74. The molecule has 0 saturated carbocycles. The zero-order valence-corrected chi connectivity index (χ0v) is 17.0. The number of carbonyl (C=O) groups excluding carboxylic acids is 3. The van der Waals surface area contributed by atoms with Gasteiger partial charge in [0, 0.05) is 31.1 Å². The standard InChI is InChI=1S/C21H25F3N4O3/c22-21(23,24)12-27(14-6-8-25-9-7-14)10-13-2-1-3-15-16(13)11-28(20(15)31)17-4-5-18(29)26-19(17)30/h1-3,14,17,25H,4-12H2,(H,26,29,30). The average Bonchev–Trinajstić information content (AvgIpc) is 3.05. The summed E-state index contributed by atoms with van der Waals surface area (Å²) >= 11 is 0. The van der Waals surface area contributed by atoms with Crippen LogP contribution in [0.4, 0.5) is 13.2 Å². The first kappa shape index (κ1) is 21.8. The second-order valence-electron chi connectivity index (χ2n) is 8.34. The molecular weight excluding hydrogens is 413 g/mol. The van der Waals surface area contributed by atoms with Crippen LogP contribution in [0.1, 0.15) is 47.2 Å². The maximum atomic E-state index is 13.3. The quantitative estimate of drug-likeness (QED) is 0.682. The van der Waals surface area contributed by atoms with Crippen molar-refractivity contribution in [2.24, 2.45) is 0 Å². The summed E-state index contributed by atoms with van der Waals surface area (Å²) in [5.41, 5.74) is 1.75. The lowest BCUT2D eigenvalue weighted by Gasteiger charge is -2.35. The van der Waals surface area contributed by atoms with E-state index in [2.05, 4.69) is 10.6 Å². The topological polar surface area (TPSA) is 81.8 Å². The molecule has 2 saturated heterocycles. The molecule has 1 atom stereocenters. The minimum atomic E-state index is -4.32. The first-order valence-corrected chi connectivity index (χ1v) is 10.5. The molecule has 4 rings (SSSR count). The molecule has 3 aliphatic heterocycles. The number of piperidine rings is 2. The molecule has 1 aromatic carbocycles. The molecule has 2 N–H and O–H groups in total. The highest BCUT2D eigenvalue weighted by atomic mass is 19.4. The normalized spacial score (nSPS) is 22.8. The first-order valence-electron chi connectivity index (χ1n) is 10.5. The van der Waals surface area contributed by atoms with E-state index >= 15 is 0 Å². The van der Waals surface area contributed by atoms with Gasteiger partial charge < -0.3 is 10.2 Å². The van der Waals surface area contributed by atoms with E-state index in [1.165, 1.54) is 9.80 Å². The van der Waals surface area contributed by atoms with Crippen LogP contribution >= 0.6 is 0 Å². The summed E-state index contributed by atoms with van der Waals surface area (Å²) in [7, 11) is 0. The second kappa shape index (κ2) is 8.58. The number of alkyl halides is 3. The Balaban J connectivity index is 1.57. The van der Waals surface area contributed by atoms with Gasteiger partial charge in [-0.1, -0.05) is 12.1 Å². The third-order valence-electron chi connectivity index (χ3n) is 6.26. The van der Waals surface area contributed by atoms with Crippen molar-refractivity contribution in [3.05, 3.63) is 34.9 Å². The van der Waals surface area contributed by atoms with Gasteiger partial charge in [-0.25, -0.2) is 0 Å². The Bertz CT molecular complexity index is 883. The lowest BCUT2D eigenvalue weighted by molar-refractivity contribution is -0.153. The Hall–Kier alpha value is -2.46. The number of imide groups is 1. The van der Waals surface area contributed by atoms with Gasteiger partial charge >= 0.3 is 6.18 Å². The largest absolute Gasteiger partial charge is 0.401 e. The molecule has 3 aliphatic rings. The van der Waals surface area contributed by atoms with Crippen molar-refractivity contribution >= 4 is 17.7 Å². The maximum Gasteiger partial charge on any atom is 0.401 e. The van der Waals surface area contributed by atoms with Crippen molar-refractivity contribution in [2.45, 2.75) is 57.0 Å². The van der Waals surface area contributed by atoms with Crippen molar-refractivity contribution < 1.29 is 27.6 Å². The minimum Gasteiger partial charge on any atom is -0.322 e. The predicted octanol–water partition coefficient (Wildman–Crippen LogP) is 1.56. The fourth-order valence-electron chi connectivity index (χ4n) is 4.73. The van der Waals surface area contributed by atoms with E-state index in [4.69, 9.17) is 0 Å². The number of fused-ring (bicyclic) bond motifs is 1. The Morgan fingerprint density at radius 1 is 1.10 bits per heavy atom. The molecule has 0 aromatic heterocycles. The molecule has 1 aromatic rings. The van der Waals surface area contributed by atoms with Gasteiger partial charge in [-0.05, 0) is 49.5 Å². The monoisotopic (exact) mass is 438 g/mol. The van der Waals surface area contributed by atoms with Gasteiger partial charge in [0.05, 0.1) is 6.54 Å². The number of hydrogen-bond acceptors (Lipinski definition) is 5. The summed E-state index contributed by atoms with van der Waals surface area (Å²) in [5, 5.41) is 5.43. The van der Waals surface area contributed by atoms with Crippen LogP contribution in [0.25, 0.3) is 0 Å². The van der Waals surface area contributed by atoms with Crippen molar-refractivity contribution in [1.29, 1.82) is 0 Å². The van der Waals surface area contributed by atoms with E-state index in [0.29, 0.717) is 42.6 Å². The Kier molecular flexibility index (Phi) is 6.02. The van der Waals surface area contributed by atoms with Gasteiger partial charge in [-0.15, -0.1) is 0 Å². The van der Waals surface area contributed by atoms with Gasteiger partial charge in [0.2, 0.25) is 11.8 Å². The molecule has 168 valence electrons. The van der Waals surface area contributed by atoms with Crippen LogP contribution in [-0.2, 0) is 22.7 Å². The summed E-state index contributed by atoms with van der Waals surface area (Å²) < 4.78 is 39.9. The molecule has 1 unspecified atom stereocenters. The average molecular weight is 438 g/mol. The molecule has 0 aliphatic carbocycles. The van der Waals surface area contributed by atoms with Crippen molar-refractivity contribution in [2.75, 3.05) is 19.6 Å². The number of hydrogen-bond donors (Lipinski definition) is 2. The van der Waals surface area contributed by atoms with Crippen molar-refractivity contribution in [3.8, 4) is 0 Å². The maximum absolute atomic E-state index is 13.3. The molecule has 0 radical (unpaired) electrons. The zero-order valence-electron chi connectivity index (χ0n) is 17.0. The van der Waals surface area contributed by atoms with Gasteiger partial charge in [-0.2, -0.15) is 13.2 Å². The van der Waals surface area contributed by atoms with Crippen LogP contribution < -0.4 is 10.6 Å². The van der Waals surface area contributed by atoms with Crippen LogP contribution in [0.5, 0.6) is 0 Å². The number of carbonyl (C=O) groups is 3. The number of nitrogens with zero attached hydrogens (tertiary/aromatic N) is 2. The Morgan fingerprint density at radius 2 is 1.84 bits per heavy atom. The molecular formula is C21H25F3N4O3. The Labute approximate surface area is 177 Å². The lowest BCUT2D eigenvalue weighted by atomic mass is 10.00. The molecule has 10 heteroatoms. The van der Waals surface area contributed by atoms with E-state index in [0.717, 1.165) is 0 Å². The van der Waals surface area contributed by atoms with E-state index < -0.39 is 24.7 Å². The van der Waals surface area contributed by atoms with E-state index in [1.54, 1.807) is 18.2 Å². The lowest BCUT2D eigenvalue weighted by Crippen LogP contribution is -2.52. The van der Waals surface area contributed by atoms with Crippen LogP contribution in [0.15, 0.2) is 18.2 Å². The molecule has 7 nitrogen and oxygen atoms in total. The third-order valence-corrected chi connectivity index (χ3v) is 6.26. The van der Waals surface area contributed by atoms with Crippen molar-refractivity contribution in [3.63, 3.8) is 0 Å². The summed E-state index contributed by atoms with van der Waals surface area (Å²) in [6.45, 7) is 0.583. The van der Waals surface area contributed by atoms with E-state index in [1.807, 2.05) is 0 Å². The number of halogens is 3. The second-order valence-corrected chi connectivity index (χ2v) is 8.34. The smallest absolute Gasteiger partial charge is 0.322 e. The summed E-state index contributed by atoms with van der Waals surface area (Å²) in [5.74, 6) is -1.20. The van der Waals surface area contributed by atoms with Crippen LogP contribution in [0, 0.1) is 0 Å². The highest BCUT2D eigenvalue weighted by Gasteiger charge is 2.40. The van der Waals surface area contributed by atoms with E-state index in [9.17, 15) is 27.6 Å². The first-order chi connectivity index (χ1) is 14.7. The summed E-state index contributed by atoms with van der Waals surface area (Å²) in [6, 6.07) is 4.13. The summed E-state index contributed by atoms with van der Waals surface area (Å²) in [6.07, 6.45) is -2.66. The number of benzene rings is 1. The van der Waals surface area contributed by atoms with Crippen LogP contribution in [-0.4, -0.2) is 65.4 Å². The molecule has 2 fully saturated rings. The fraction of sp³-hybridized carbons (Fsp3) is 0.571. The number of nitrogens with one attached hydrogen (secondary N) is 2. The predicted molar refractivity (Wildman–Crippen MR) is 105 cm³/mol. The number of rotatable bonds is 5. The van der Waals surface area contributed by atoms with Gasteiger partial charge in [0.25, 0.3) is 5.91 Å².